The molecular formula is C18H16F5N3O2S. The van der Waals surface area contributed by atoms with E-state index in [4.69, 9.17) is 5.73 Å². The number of benzene rings is 2. The van der Waals surface area contributed by atoms with Gasteiger partial charge in [-0.2, -0.15) is 13.2 Å². The van der Waals surface area contributed by atoms with Gasteiger partial charge in [-0.25, -0.2) is 26.5 Å². The minimum Gasteiger partial charge on any atom is -0.369 e. The standard InChI is InChI=1S/C18H16F5N3O2S/c1-17(13-9-12(19)7-8-14(13)20)15(29(27,28)26(2)16(24)25-17)10-3-5-11(6-4-10)18(21,22)23/h3-9,15H,1-2H3,(H2,24,25)/t15-,17-/m1/s1. The third-order valence-corrected chi connectivity index (χ3v) is 7.15. The number of guanidine groups is 1. The molecule has 0 unspecified atom stereocenters. The highest BCUT2D eigenvalue weighted by Crippen LogP contribution is 2.48. The molecule has 0 fully saturated rings. The van der Waals surface area contributed by atoms with Crippen LogP contribution in [0.5, 0.6) is 0 Å². The van der Waals surface area contributed by atoms with Gasteiger partial charge in [-0.05, 0) is 42.8 Å². The second-order valence-corrected chi connectivity index (χ2v) is 8.80. The van der Waals surface area contributed by atoms with Gasteiger partial charge >= 0.3 is 6.18 Å². The maximum Gasteiger partial charge on any atom is 0.416 e. The Kier molecular flexibility index (Phi) is 4.85. The molecule has 0 aromatic heterocycles. The second-order valence-electron chi connectivity index (χ2n) is 6.75. The van der Waals surface area contributed by atoms with Gasteiger partial charge < -0.3 is 5.73 Å². The van der Waals surface area contributed by atoms with E-state index >= 15 is 0 Å². The molecule has 0 saturated heterocycles. The normalized spacial score (nSPS) is 24.3. The smallest absolute Gasteiger partial charge is 0.369 e. The molecule has 0 bridgehead atoms. The summed E-state index contributed by atoms with van der Waals surface area (Å²) in [4.78, 5) is 4.10. The highest BCUT2D eigenvalue weighted by atomic mass is 32.2. The third-order valence-electron chi connectivity index (χ3n) is 4.87. The van der Waals surface area contributed by atoms with Gasteiger partial charge in [0.05, 0.1) is 5.56 Å². The van der Waals surface area contributed by atoms with Crippen LogP contribution in [0.2, 0.25) is 0 Å². The van der Waals surface area contributed by atoms with Gasteiger partial charge in [0.1, 0.15) is 22.4 Å². The minimum atomic E-state index is -4.62. The van der Waals surface area contributed by atoms with Crippen molar-refractivity contribution in [3.05, 3.63) is 70.8 Å². The Morgan fingerprint density at radius 1 is 1.10 bits per heavy atom. The average molecular weight is 433 g/mol. The van der Waals surface area contributed by atoms with Gasteiger partial charge in [-0.15, -0.1) is 0 Å². The molecule has 0 amide bonds. The Labute approximate surface area is 163 Å². The highest BCUT2D eigenvalue weighted by Gasteiger charge is 2.52. The molecule has 0 radical (unpaired) electrons. The summed E-state index contributed by atoms with van der Waals surface area (Å²) in [5.74, 6) is -2.22. The van der Waals surface area contributed by atoms with E-state index in [1.54, 1.807) is 0 Å². The van der Waals surface area contributed by atoms with Crippen LogP contribution >= 0.6 is 0 Å². The largest absolute Gasteiger partial charge is 0.416 e. The van der Waals surface area contributed by atoms with Crippen molar-refractivity contribution in [3.63, 3.8) is 0 Å². The Bertz CT molecular complexity index is 1080. The van der Waals surface area contributed by atoms with E-state index in [9.17, 15) is 30.4 Å². The van der Waals surface area contributed by atoms with Crippen molar-refractivity contribution in [2.45, 2.75) is 23.9 Å². The number of halogens is 5. The number of aliphatic imine (C=N–C) groups is 1. The predicted octanol–water partition coefficient (Wildman–Crippen LogP) is 3.53. The number of alkyl halides is 3. The average Bonchev–Trinajstić information content (AvgIpc) is 2.61. The molecule has 3 rings (SSSR count). The van der Waals surface area contributed by atoms with Crippen molar-refractivity contribution < 1.29 is 30.4 Å². The van der Waals surface area contributed by atoms with Crippen LogP contribution in [-0.2, 0) is 21.7 Å². The van der Waals surface area contributed by atoms with Crippen LogP contribution < -0.4 is 5.73 Å². The van der Waals surface area contributed by atoms with E-state index in [2.05, 4.69) is 4.99 Å². The van der Waals surface area contributed by atoms with Gasteiger partial charge in [-0.1, -0.05) is 12.1 Å². The molecule has 1 aliphatic heterocycles. The number of hydrogen-bond acceptors (Lipinski definition) is 4. The molecule has 1 aliphatic rings. The van der Waals surface area contributed by atoms with Crippen LogP contribution in [-0.4, -0.2) is 25.7 Å². The van der Waals surface area contributed by atoms with E-state index in [-0.39, 0.29) is 11.1 Å². The van der Waals surface area contributed by atoms with Crippen molar-refractivity contribution in [2.24, 2.45) is 10.7 Å². The molecule has 0 spiro atoms. The minimum absolute atomic E-state index is 0.0766. The molecular weight excluding hydrogens is 417 g/mol. The summed E-state index contributed by atoms with van der Waals surface area (Å²) in [6.45, 7) is 1.24. The quantitative estimate of drug-likeness (QED) is 0.737. The molecule has 11 heteroatoms. The Hall–Kier alpha value is -2.69. The van der Waals surface area contributed by atoms with Crippen LogP contribution in [0.15, 0.2) is 47.5 Å². The fourth-order valence-corrected chi connectivity index (χ4v) is 5.25. The van der Waals surface area contributed by atoms with Crippen LogP contribution in [0.1, 0.15) is 28.9 Å². The molecule has 29 heavy (non-hydrogen) atoms. The Morgan fingerprint density at radius 3 is 2.24 bits per heavy atom. The summed E-state index contributed by atoms with van der Waals surface area (Å²) in [5, 5.41) is -1.65. The number of nitrogens with two attached hydrogens (primary N) is 1. The van der Waals surface area contributed by atoms with Crippen molar-refractivity contribution >= 4 is 16.0 Å². The summed E-state index contributed by atoms with van der Waals surface area (Å²) in [7, 11) is -3.21. The molecule has 0 saturated carbocycles. The van der Waals surface area contributed by atoms with Crippen LogP contribution in [0, 0.1) is 11.6 Å². The van der Waals surface area contributed by atoms with Crippen LogP contribution in [0.4, 0.5) is 22.0 Å². The first-order valence-corrected chi connectivity index (χ1v) is 9.74. The summed E-state index contributed by atoms with van der Waals surface area (Å²) in [5.41, 5.74) is 2.33. The lowest BCUT2D eigenvalue weighted by molar-refractivity contribution is -0.137. The number of sulfonamides is 1. The van der Waals surface area contributed by atoms with Crippen LogP contribution in [0.3, 0.4) is 0 Å². The van der Waals surface area contributed by atoms with Gasteiger partial charge in [0.25, 0.3) is 0 Å². The maximum atomic E-state index is 14.6. The van der Waals surface area contributed by atoms with Gasteiger partial charge in [-0.3, -0.25) is 0 Å². The fraction of sp³-hybridized carbons (Fsp3) is 0.278. The lowest BCUT2D eigenvalue weighted by Gasteiger charge is -2.41. The number of nitrogens with zero attached hydrogens (tertiary/aromatic N) is 2. The van der Waals surface area contributed by atoms with Gasteiger partial charge in [0.2, 0.25) is 16.0 Å². The van der Waals surface area contributed by atoms with E-state index in [1.807, 2.05) is 0 Å². The SMILES string of the molecule is CN1C(N)=N[C@](C)(c2cc(F)ccc2F)[C@@H](c2ccc(C(F)(F)F)cc2)S1(=O)=O. The Morgan fingerprint density at radius 2 is 1.69 bits per heavy atom. The molecule has 2 aromatic carbocycles. The lowest BCUT2D eigenvalue weighted by Crippen LogP contribution is -2.52. The highest BCUT2D eigenvalue weighted by molar-refractivity contribution is 7.90. The first-order chi connectivity index (χ1) is 13.3. The van der Waals surface area contributed by atoms with Gasteiger partial charge in [0.15, 0.2) is 0 Å². The number of hydrogen-bond donors (Lipinski definition) is 1. The third kappa shape index (κ3) is 3.43. The summed E-state index contributed by atoms with van der Waals surface area (Å²) < 4.78 is 93.9. The van der Waals surface area contributed by atoms with E-state index in [1.165, 1.54) is 6.92 Å². The maximum absolute atomic E-state index is 14.6. The molecule has 2 aromatic rings. The lowest BCUT2D eigenvalue weighted by atomic mass is 9.84. The topological polar surface area (TPSA) is 75.8 Å². The first kappa shape index (κ1) is 21.0. The summed E-state index contributed by atoms with van der Waals surface area (Å²) in [6, 6.07) is 5.85. The monoisotopic (exact) mass is 433 g/mol. The van der Waals surface area contributed by atoms with Crippen molar-refractivity contribution in [1.82, 2.24) is 4.31 Å². The molecule has 1 heterocycles. The van der Waals surface area contributed by atoms with Crippen molar-refractivity contribution in [2.75, 3.05) is 7.05 Å². The Balaban J connectivity index is 2.29. The molecule has 5 nitrogen and oxygen atoms in total. The molecule has 2 atom stereocenters. The predicted molar refractivity (Wildman–Crippen MR) is 96.2 cm³/mol. The zero-order chi connectivity index (χ0) is 21.8. The zero-order valence-electron chi connectivity index (χ0n) is 15.2. The first-order valence-electron chi connectivity index (χ1n) is 8.24. The van der Waals surface area contributed by atoms with E-state index in [0.717, 1.165) is 49.5 Å². The van der Waals surface area contributed by atoms with Crippen molar-refractivity contribution in [3.8, 4) is 0 Å². The fourth-order valence-electron chi connectivity index (χ4n) is 3.38. The number of rotatable bonds is 2. The van der Waals surface area contributed by atoms with Crippen LogP contribution in [0.25, 0.3) is 0 Å². The van der Waals surface area contributed by atoms with Gasteiger partial charge in [0, 0.05) is 12.6 Å². The molecule has 0 aliphatic carbocycles. The van der Waals surface area contributed by atoms with E-state index < -0.39 is 50.1 Å². The molecule has 2 N–H and O–H groups in total. The summed E-state index contributed by atoms with van der Waals surface area (Å²) in [6.07, 6.45) is -4.62. The van der Waals surface area contributed by atoms with E-state index in [0.29, 0.717) is 4.31 Å². The zero-order valence-corrected chi connectivity index (χ0v) is 16.0. The van der Waals surface area contributed by atoms with Crippen molar-refractivity contribution in [1.29, 1.82) is 0 Å². The summed E-state index contributed by atoms with van der Waals surface area (Å²) >= 11 is 0. The molecule has 156 valence electrons. The second kappa shape index (κ2) is 6.68.